The predicted octanol–water partition coefficient (Wildman–Crippen LogP) is 3.04. The fraction of sp³-hybridized carbons (Fsp3) is 0.176. The highest BCUT2D eigenvalue weighted by molar-refractivity contribution is 7.13. The number of thiophene rings is 1. The second-order valence-electron chi connectivity index (χ2n) is 6.06. The van der Waals surface area contributed by atoms with E-state index in [1.807, 2.05) is 11.4 Å². The number of nitrogens with zero attached hydrogens (tertiary/aromatic N) is 3. The third-order valence-corrected chi connectivity index (χ3v) is 5.11. The average Bonchev–Trinajstić information content (AvgIpc) is 3.35. The van der Waals surface area contributed by atoms with Gasteiger partial charge in [0, 0.05) is 5.56 Å². The summed E-state index contributed by atoms with van der Waals surface area (Å²) in [5, 5.41) is 8.08. The van der Waals surface area contributed by atoms with Crippen LogP contribution < -0.4 is 5.32 Å². The van der Waals surface area contributed by atoms with Gasteiger partial charge in [-0.3, -0.25) is 9.69 Å². The Hall–Kier alpha value is -3.14. The number of aromatic nitrogens is 2. The van der Waals surface area contributed by atoms with Crippen LogP contribution in [0.1, 0.15) is 18.4 Å². The molecule has 1 fully saturated rings. The minimum Gasteiger partial charge on any atom is -0.337 e. The molecule has 0 radical (unpaired) electrons. The van der Waals surface area contributed by atoms with Gasteiger partial charge in [-0.1, -0.05) is 11.2 Å². The number of imide groups is 1. The lowest BCUT2D eigenvalue weighted by Gasteiger charge is -2.22. The molecule has 1 aliphatic heterocycles. The highest BCUT2D eigenvalue weighted by atomic mass is 32.1. The summed E-state index contributed by atoms with van der Waals surface area (Å²) in [5.74, 6) is -1.87. The molecule has 1 aromatic carbocycles. The van der Waals surface area contributed by atoms with Crippen molar-refractivity contribution in [3.63, 3.8) is 0 Å². The van der Waals surface area contributed by atoms with Crippen LogP contribution in [0.2, 0.25) is 0 Å². The SMILES string of the molecule is C[C@@]1(c2cc(F)ccc2F)NC(=O)N(Cc2nc(-c3cccs3)no2)C1=O. The zero-order valence-corrected chi connectivity index (χ0v) is 14.7. The van der Waals surface area contributed by atoms with E-state index >= 15 is 0 Å². The molecule has 7 nitrogen and oxygen atoms in total. The number of amides is 3. The monoisotopic (exact) mass is 390 g/mol. The lowest BCUT2D eigenvalue weighted by Crippen LogP contribution is -2.41. The Bertz CT molecular complexity index is 1040. The molecule has 2 aromatic heterocycles. The minimum absolute atomic E-state index is 0.0471. The fourth-order valence-electron chi connectivity index (χ4n) is 2.86. The van der Waals surface area contributed by atoms with Gasteiger partial charge in [0.2, 0.25) is 11.7 Å². The van der Waals surface area contributed by atoms with Crippen molar-refractivity contribution in [2.24, 2.45) is 0 Å². The molecule has 0 aliphatic carbocycles. The first-order valence-electron chi connectivity index (χ1n) is 7.84. The maximum atomic E-state index is 14.2. The van der Waals surface area contributed by atoms with Crippen molar-refractivity contribution in [2.45, 2.75) is 19.0 Å². The van der Waals surface area contributed by atoms with Gasteiger partial charge in [-0.2, -0.15) is 4.98 Å². The highest BCUT2D eigenvalue weighted by Crippen LogP contribution is 2.32. The number of carbonyl (C=O) groups is 2. The lowest BCUT2D eigenvalue weighted by atomic mass is 9.91. The molecule has 1 atom stereocenters. The molecule has 1 saturated heterocycles. The molecule has 0 saturated carbocycles. The van der Waals surface area contributed by atoms with E-state index in [4.69, 9.17) is 4.52 Å². The minimum atomic E-state index is -1.74. The summed E-state index contributed by atoms with van der Waals surface area (Å²) in [6.45, 7) is 1.03. The van der Waals surface area contributed by atoms with E-state index in [2.05, 4.69) is 15.5 Å². The van der Waals surface area contributed by atoms with E-state index < -0.39 is 29.1 Å². The van der Waals surface area contributed by atoms with Crippen molar-refractivity contribution in [1.29, 1.82) is 0 Å². The molecule has 4 rings (SSSR count). The number of urea groups is 1. The van der Waals surface area contributed by atoms with Gasteiger partial charge in [-0.05, 0) is 36.6 Å². The zero-order chi connectivity index (χ0) is 19.2. The van der Waals surface area contributed by atoms with Gasteiger partial charge in [0.25, 0.3) is 5.91 Å². The summed E-state index contributed by atoms with van der Waals surface area (Å²) < 4.78 is 32.8. The molecule has 1 N–H and O–H groups in total. The van der Waals surface area contributed by atoms with Crippen molar-refractivity contribution in [3.05, 3.63) is 58.8 Å². The summed E-state index contributed by atoms with van der Waals surface area (Å²) in [6, 6.07) is 5.60. The smallest absolute Gasteiger partial charge is 0.325 e. The molecule has 0 unspecified atom stereocenters. The third-order valence-electron chi connectivity index (χ3n) is 4.25. The Balaban J connectivity index is 1.61. The molecule has 27 heavy (non-hydrogen) atoms. The van der Waals surface area contributed by atoms with E-state index in [-0.39, 0.29) is 18.0 Å². The van der Waals surface area contributed by atoms with Gasteiger partial charge >= 0.3 is 6.03 Å². The molecule has 1 aliphatic rings. The second-order valence-corrected chi connectivity index (χ2v) is 7.01. The van der Waals surface area contributed by atoms with Gasteiger partial charge in [-0.25, -0.2) is 13.6 Å². The molecule has 3 aromatic rings. The molecule has 3 amide bonds. The average molecular weight is 390 g/mol. The first-order chi connectivity index (χ1) is 12.9. The van der Waals surface area contributed by atoms with Gasteiger partial charge in [-0.15, -0.1) is 11.3 Å². The number of nitrogens with one attached hydrogen (secondary N) is 1. The lowest BCUT2D eigenvalue weighted by molar-refractivity contribution is -0.131. The van der Waals surface area contributed by atoms with Crippen LogP contribution in [0.5, 0.6) is 0 Å². The van der Waals surface area contributed by atoms with E-state index in [0.29, 0.717) is 5.82 Å². The molecule has 0 spiro atoms. The molecular weight excluding hydrogens is 378 g/mol. The van der Waals surface area contributed by atoms with Crippen molar-refractivity contribution >= 4 is 23.3 Å². The van der Waals surface area contributed by atoms with Gasteiger partial charge in [0.05, 0.1) is 4.88 Å². The Labute approximate surface area is 155 Å². The van der Waals surface area contributed by atoms with Crippen LogP contribution in [-0.4, -0.2) is 27.0 Å². The molecule has 0 bridgehead atoms. The van der Waals surface area contributed by atoms with Crippen molar-refractivity contribution in [1.82, 2.24) is 20.4 Å². The number of carbonyl (C=O) groups excluding carboxylic acids is 2. The molecule has 10 heteroatoms. The molecular formula is C17H12F2N4O3S. The van der Waals surface area contributed by atoms with Gasteiger partial charge < -0.3 is 9.84 Å². The van der Waals surface area contributed by atoms with Crippen LogP contribution >= 0.6 is 11.3 Å². The maximum absolute atomic E-state index is 14.2. The Morgan fingerprint density at radius 2 is 2.11 bits per heavy atom. The standard InChI is InChI=1S/C17H12F2N4O3S/c1-17(10-7-9(18)4-5-11(10)19)15(24)23(16(25)21-17)8-13-20-14(22-26-13)12-3-2-6-27-12/h2-7H,8H2,1H3,(H,21,25)/t17-/m0/s1. The Kier molecular flexibility index (Phi) is 3.99. The van der Waals surface area contributed by atoms with Crippen LogP contribution in [0, 0.1) is 11.6 Å². The number of halogens is 2. The number of hydrogen-bond donors (Lipinski definition) is 1. The van der Waals surface area contributed by atoms with E-state index in [0.717, 1.165) is 28.0 Å². The van der Waals surface area contributed by atoms with E-state index in [1.165, 1.54) is 18.3 Å². The van der Waals surface area contributed by atoms with Crippen molar-refractivity contribution in [2.75, 3.05) is 0 Å². The normalized spacial score (nSPS) is 19.6. The fourth-order valence-corrected chi connectivity index (χ4v) is 3.51. The zero-order valence-electron chi connectivity index (χ0n) is 13.9. The number of rotatable bonds is 4. The van der Waals surface area contributed by atoms with Crippen LogP contribution in [0.4, 0.5) is 13.6 Å². The third kappa shape index (κ3) is 2.87. The number of hydrogen-bond acceptors (Lipinski definition) is 6. The summed E-state index contributed by atoms with van der Waals surface area (Å²) in [7, 11) is 0. The first-order valence-corrected chi connectivity index (χ1v) is 8.72. The van der Waals surface area contributed by atoms with Crippen LogP contribution in [0.15, 0.2) is 40.2 Å². The summed E-state index contributed by atoms with van der Waals surface area (Å²) in [5.41, 5.74) is -1.99. The topological polar surface area (TPSA) is 88.3 Å². The molecule has 138 valence electrons. The maximum Gasteiger partial charge on any atom is 0.325 e. The second kappa shape index (κ2) is 6.23. The first kappa shape index (κ1) is 17.3. The van der Waals surface area contributed by atoms with Crippen molar-refractivity contribution in [3.8, 4) is 10.7 Å². The predicted molar refractivity (Wildman–Crippen MR) is 90.4 cm³/mol. The van der Waals surface area contributed by atoms with E-state index in [1.54, 1.807) is 6.07 Å². The Morgan fingerprint density at radius 1 is 1.30 bits per heavy atom. The van der Waals surface area contributed by atoms with E-state index in [9.17, 15) is 18.4 Å². The summed E-state index contributed by atoms with van der Waals surface area (Å²) >= 11 is 1.41. The summed E-state index contributed by atoms with van der Waals surface area (Å²) in [4.78, 5) is 30.9. The largest absolute Gasteiger partial charge is 0.337 e. The van der Waals surface area contributed by atoms with Crippen LogP contribution in [-0.2, 0) is 16.9 Å². The molecule has 3 heterocycles. The highest BCUT2D eigenvalue weighted by Gasteiger charge is 2.50. The van der Waals surface area contributed by atoms with Crippen LogP contribution in [0.3, 0.4) is 0 Å². The summed E-state index contributed by atoms with van der Waals surface area (Å²) in [6.07, 6.45) is 0. The van der Waals surface area contributed by atoms with Crippen molar-refractivity contribution < 1.29 is 22.9 Å². The Morgan fingerprint density at radius 3 is 2.85 bits per heavy atom. The van der Waals surface area contributed by atoms with Crippen LogP contribution in [0.25, 0.3) is 10.7 Å². The quantitative estimate of drug-likeness (QED) is 0.692. The van der Waals surface area contributed by atoms with Gasteiger partial charge in [0.1, 0.15) is 23.7 Å². The van der Waals surface area contributed by atoms with Gasteiger partial charge in [0.15, 0.2) is 0 Å². The number of benzene rings is 1.